The van der Waals surface area contributed by atoms with Crippen LogP contribution in [-0.4, -0.2) is 34.5 Å². The van der Waals surface area contributed by atoms with Crippen LogP contribution in [0, 0.1) is 11.8 Å². The molecule has 0 spiro atoms. The summed E-state index contributed by atoms with van der Waals surface area (Å²) in [6.07, 6.45) is 3.78. The molecule has 35 heavy (non-hydrogen) atoms. The molecule has 2 aromatic carbocycles. The number of carbonyl (C=O) groups is 4. The fourth-order valence-electron chi connectivity index (χ4n) is 5.51. The maximum absolute atomic E-state index is 13.8. The van der Waals surface area contributed by atoms with Crippen molar-refractivity contribution in [1.82, 2.24) is 4.90 Å². The normalized spacial score (nSPS) is 24.3. The van der Waals surface area contributed by atoms with Crippen LogP contribution in [0.3, 0.4) is 0 Å². The number of nitrogens with zero attached hydrogens (tertiary/aromatic N) is 2. The molecule has 6 rings (SSSR count). The van der Waals surface area contributed by atoms with Gasteiger partial charge < -0.3 is 9.64 Å². The fourth-order valence-corrected chi connectivity index (χ4v) is 6.20. The molecule has 3 aromatic rings. The topological polar surface area (TPSA) is 84.0 Å². The number of carbonyl (C=O) groups excluding carboxylic acids is 4. The van der Waals surface area contributed by atoms with Gasteiger partial charge in [0.25, 0.3) is 0 Å². The molecule has 2 fully saturated rings. The molecule has 7 nitrogen and oxygen atoms in total. The van der Waals surface area contributed by atoms with Crippen LogP contribution in [0.5, 0.6) is 5.75 Å². The van der Waals surface area contributed by atoms with Gasteiger partial charge in [0.15, 0.2) is 5.78 Å². The lowest BCUT2D eigenvalue weighted by Gasteiger charge is -2.35. The Morgan fingerprint density at radius 2 is 1.66 bits per heavy atom. The summed E-state index contributed by atoms with van der Waals surface area (Å²) in [6, 6.07) is 16.4. The number of fused-ring (bicyclic) bond motifs is 5. The van der Waals surface area contributed by atoms with Gasteiger partial charge in [-0.2, -0.15) is 0 Å². The second-order valence-corrected chi connectivity index (χ2v) is 9.72. The Labute approximate surface area is 205 Å². The van der Waals surface area contributed by atoms with E-state index in [0.717, 1.165) is 11.1 Å². The van der Waals surface area contributed by atoms with Gasteiger partial charge in [0.05, 0.1) is 28.4 Å². The van der Waals surface area contributed by atoms with Crippen molar-refractivity contribution in [1.29, 1.82) is 0 Å². The summed E-state index contributed by atoms with van der Waals surface area (Å²) in [5.41, 5.74) is 2.29. The SMILES string of the molecule is CC(=O)Oc1ccc(N2C(=O)[C@@H]3[C@H](C2=O)[C@@H]2c4ccccc4C=CN2[C@H]3C(=O)c2cccs2)cc1. The molecule has 3 aliphatic heterocycles. The second kappa shape index (κ2) is 8.02. The van der Waals surface area contributed by atoms with E-state index < -0.39 is 35.8 Å². The first kappa shape index (κ1) is 21.5. The van der Waals surface area contributed by atoms with E-state index in [-0.39, 0.29) is 11.7 Å². The number of thiophene rings is 1. The predicted molar refractivity (Wildman–Crippen MR) is 130 cm³/mol. The third-order valence-electron chi connectivity index (χ3n) is 6.85. The van der Waals surface area contributed by atoms with E-state index in [4.69, 9.17) is 4.74 Å². The van der Waals surface area contributed by atoms with Gasteiger partial charge in [0, 0.05) is 13.1 Å². The maximum Gasteiger partial charge on any atom is 0.308 e. The minimum Gasteiger partial charge on any atom is -0.427 e. The number of benzene rings is 2. The van der Waals surface area contributed by atoms with Gasteiger partial charge in [-0.1, -0.05) is 30.3 Å². The van der Waals surface area contributed by atoms with Crippen molar-refractivity contribution < 1.29 is 23.9 Å². The van der Waals surface area contributed by atoms with E-state index in [2.05, 4.69) is 0 Å². The first-order chi connectivity index (χ1) is 17.0. The highest BCUT2D eigenvalue weighted by Gasteiger charge is 2.64. The van der Waals surface area contributed by atoms with Crippen LogP contribution >= 0.6 is 11.3 Å². The molecule has 0 aliphatic carbocycles. The van der Waals surface area contributed by atoms with Crippen molar-refractivity contribution >= 4 is 46.7 Å². The highest BCUT2D eigenvalue weighted by molar-refractivity contribution is 7.12. The Morgan fingerprint density at radius 1 is 0.914 bits per heavy atom. The van der Waals surface area contributed by atoms with Crippen LogP contribution in [0.1, 0.15) is 33.8 Å². The molecule has 4 heterocycles. The molecule has 3 aliphatic rings. The fraction of sp³-hybridized carbons (Fsp3) is 0.185. The predicted octanol–water partition coefficient (Wildman–Crippen LogP) is 4.07. The van der Waals surface area contributed by atoms with E-state index in [9.17, 15) is 19.2 Å². The molecule has 0 saturated carbocycles. The molecule has 8 heteroatoms. The maximum atomic E-state index is 13.8. The number of ether oxygens (including phenoxy) is 1. The Bertz CT molecular complexity index is 1400. The van der Waals surface area contributed by atoms with Crippen molar-refractivity contribution in [2.75, 3.05) is 4.90 Å². The minimum absolute atomic E-state index is 0.158. The van der Waals surface area contributed by atoms with Crippen molar-refractivity contribution in [3.05, 3.63) is 88.2 Å². The van der Waals surface area contributed by atoms with E-state index in [1.807, 2.05) is 52.9 Å². The zero-order valence-corrected chi connectivity index (χ0v) is 19.5. The number of imide groups is 1. The first-order valence-electron chi connectivity index (χ1n) is 11.2. The monoisotopic (exact) mass is 484 g/mol. The van der Waals surface area contributed by atoms with Gasteiger partial charge in [-0.3, -0.25) is 19.2 Å². The summed E-state index contributed by atoms with van der Waals surface area (Å²) in [6.45, 7) is 1.30. The molecule has 4 atom stereocenters. The van der Waals surface area contributed by atoms with Crippen LogP contribution in [0.4, 0.5) is 5.69 Å². The highest BCUT2D eigenvalue weighted by atomic mass is 32.1. The van der Waals surface area contributed by atoms with Crippen molar-refractivity contribution in [3.8, 4) is 5.75 Å². The van der Waals surface area contributed by atoms with Crippen LogP contribution < -0.4 is 9.64 Å². The van der Waals surface area contributed by atoms with Gasteiger partial charge in [0.1, 0.15) is 11.8 Å². The number of amides is 2. The molecule has 0 radical (unpaired) electrons. The Hall–Kier alpha value is -4.04. The molecular formula is C27H20N2O5S. The molecule has 0 N–H and O–H groups in total. The Kier molecular flexibility index (Phi) is 4.93. The molecule has 0 bridgehead atoms. The van der Waals surface area contributed by atoms with Crippen molar-refractivity contribution in [2.45, 2.75) is 19.0 Å². The second-order valence-electron chi connectivity index (χ2n) is 8.77. The smallest absolute Gasteiger partial charge is 0.308 e. The van der Waals surface area contributed by atoms with Gasteiger partial charge in [-0.05, 0) is 52.9 Å². The highest BCUT2D eigenvalue weighted by Crippen LogP contribution is 2.53. The van der Waals surface area contributed by atoms with E-state index >= 15 is 0 Å². The van der Waals surface area contributed by atoms with Gasteiger partial charge in [-0.25, -0.2) is 4.90 Å². The van der Waals surface area contributed by atoms with Gasteiger partial charge in [-0.15, -0.1) is 11.3 Å². The average molecular weight is 485 g/mol. The minimum atomic E-state index is -0.814. The quantitative estimate of drug-likeness (QED) is 0.240. The summed E-state index contributed by atoms with van der Waals surface area (Å²) < 4.78 is 5.07. The number of anilines is 1. The molecular weight excluding hydrogens is 464 g/mol. The third-order valence-corrected chi connectivity index (χ3v) is 7.74. The lowest BCUT2D eigenvalue weighted by Crippen LogP contribution is -2.44. The molecule has 2 saturated heterocycles. The third kappa shape index (κ3) is 3.24. The number of Topliss-reactive ketones (excluding diaryl/α,β-unsaturated/α-hetero) is 1. The molecule has 1 aromatic heterocycles. The number of hydrogen-bond acceptors (Lipinski definition) is 7. The van der Waals surface area contributed by atoms with E-state index in [1.54, 1.807) is 30.3 Å². The van der Waals surface area contributed by atoms with Crippen molar-refractivity contribution in [2.24, 2.45) is 11.8 Å². The van der Waals surface area contributed by atoms with E-state index in [1.165, 1.54) is 23.2 Å². The number of esters is 1. The van der Waals surface area contributed by atoms with Gasteiger partial charge >= 0.3 is 5.97 Å². The van der Waals surface area contributed by atoms with Crippen molar-refractivity contribution in [3.63, 3.8) is 0 Å². The lowest BCUT2D eigenvalue weighted by molar-refractivity contribution is -0.132. The zero-order valence-electron chi connectivity index (χ0n) is 18.7. The summed E-state index contributed by atoms with van der Waals surface area (Å²) in [7, 11) is 0. The van der Waals surface area contributed by atoms with Crippen LogP contribution in [0.2, 0.25) is 0 Å². The average Bonchev–Trinajstić information content (AvgIpc) is 3.56. The van der Waals surface area contributed by atoms with Crippen LogP contribution in [0.15, 0.2) is 72.2 Å². The standard InChI is InChI=1S/C27H20N2O5S/c1-15(30)34-18-10-8-17(9-11-18)29-26(32)21-22(27(29)33)24(25(31)20-7-4-14-35-20)28-13-12-16-5-2-3-6-19(16)23(21)28/h2-14,21-24H,1H3/t21-,22+,23-,24+/m0/s1. The summed E-state index contributed by atoms with van der Waals surface area (Å²) in [5.74, 6) is -2.53. The number of rotatable bonds is 4. The van der Waals surface area contributed by atoms with Gasteiger partial charge in [0.2, 0.25) is 11.8 Å². The Balaban J connectivity index is 1.44. The molecule has 2 amide bonds. The molecule has 174 valence electrons. The molecule has 0 unspecified atom stereocenters. The summed E-state index contributed by atoms with van der Waals surface area (Å²) >= 11 is 1.33. The summed E-state index contributed by atoms with van der Waals surface area (Å²) in [5, 5.41) is 1.83. The largest absolute Gasteiger partial charge is 0.427 e. The van der Waals surface area contributed by atoms with E-state index in [0.29, 0.717) is 16.3 Å². The first-order valence-corrected chi connectivity index (χ1v) is 12.1. The Morgan fingerprint density at radius 3 is 2.37 bits per heavy atom. The van der Waals surface area contributed by atoms with Crippen LogP contribution in [-0.2, 0) is 14.4 Å². The van der Waals surface area contributed by atoms with Crippen LogP contribution in [0.25, 0.3) is 6.08 Å². The zero-order chi connectivity index (χ0) is 24.3. The lowest BCUT2D eigenvalue weighted by atomic mass is 9.84. The summed E-state index contributed by atoms with van der Waals surface area (Å²) in [4.78, 5) is 56.2. The number of hydrogen-bond donors (Lipinski definition) is 0. The number of ketones is 1.